The van der Waals surface area contributed by atoms with Gasteiger partial charge in [0.15, 0.2) is 0 Å². The topological polar surface area (TPSA) is 58.6 Å². The Bertz CT molecular complexity index is 892. The summed E-state index contributed by atoms with van der Waals surface area (Å²) in [6, 6.07) is 13.4. The number of nitrogens with one attached hydrogen (secondary N) is 1. The summed E-state index contributed by atoms with van der Waals surface area (Å²) in [4.78, 5) is 26.5. The maximum Gasteiger partial charge on any atom is 0.295 e. The molecule has 2 aromatic rings. The second-order valence-corrected chi connectivity index (χ2v) is 7.00. The van der Waals surface area contributed by atoms with Crippen LogP contribution < -0.4 is 10.1 Å². The van der Waals surface area contributed by atoms with Crippen LogP contribution >= 0.6 is 11.8 Å². The number of nitrogens with zero attached hydrogens (tertiary/aromatic N) is 1. The highest BCUT2D eigenvalue weighted by molar-refractivity contribution is 8.18. The third-order valence-corrected chi connectivity index (χ3v) is 5.03. The van der Waals surface area contributed by atoms with E-state index in [1.807, 2.05) is 56.3 Å². The molecular formula is C20H20N2O3S. The first-order valence-corrected chi connectivity index (χ1v) is 9.01. The molecule has 5 nitrogen and oxygen atoms in total. The van der Waals surface area contributed by atoms with Crippen LogP contribution in [-0.4, -0.2) is 29.8 Å². The van der Waals surface area contributed by atoms with Gasteiger partial charge >= 0.3 is 0 Å². The number of amides is 2. The summed E-state index contributed by atoms with van der Waals surface area (Å²) in [6.45, 7) is 4.12. The lowest BCUT2D eigenvalue weighted by atomic mass is 10.1. The van der Waals surface area contributed by atoms with Crippen molar-refractivity contribution in [1.82, 2.24) is 4.90 Å². The van der Waals surface area contributed by atoms with Crippen LogP contribution in [0.1, 0.15) is 16.7 Å². The lowest BCUT2D eigenvalue weighted by Crippen LogP contribution is -2.33. The summed E-state index contributed by atoms with van der Waals surface area (Å²) in [5.74, 6) is 0.358. The Kier molecular flexibility index (Phi) is 5.32. The van der Waals surface area contributed by atoms with Crippen LogP contribution in [0.2, 0.25) is 0 Å². The van der Waals surface area contributed by atoms with Gasteiger partial charge < -0.3 is 10.1 Å². The maximum absolute atomic E-state index is 12.6. The van der Waals surface area contributed by atoms with Crippen LogP contribution in [0.25, 0.3) is 6.08 Å². The van der Waals surface area contributed by atoms with Crippen molar-refractivity contribution in [3.63, 3.8) is 0 Å². The van der Waals surface area contributed by atoms with Gasteiger partial charge in [-0.2, -0.15) is 0 Å². The molecule has 2 aromatic carbocycles. The van der Waals surface area contributed by atoms with Gasteiger partial charge in [0.25, 0.3) is 11.1 Å². The van der Waals surface area contributed by atoms with Gasteiger partial charge in [0.1, 0.15) is 5.75 Å². The molecule has 0 aromatic heterocycles. The van der Waals surface area contributed by atoms with E-state index >= 15 is 0 Å². The average molecular weight is 368 g/mol. The highest BCUT2D eigenvalue weighted by Gasteiger charge is 2.35. The number of carbonyl (C=O) groups excluding carboxylic acids is 2. The molecule has 1 saturated heterocycles. The van der Waals surface area contributed by atoms with Crippen LogP contribution in [0, 0.1) is 13.8 Å². The SMILES string of the molecule is COc1ccccc1/C=C1\SC(=O)N(CNc2cc(C)ccc2C)C1=O. The number of methoxy groups -OCH3 is 1. The Morgan fingerprint density at radius 3 is 2.69 bits per heavy atom. The van der Waals surface area contributed by atoms with Gasteiger partial charge in [0.2, 0.25) is 0 Å². The lowest BCUT2D eigenvalue weighted by molar-refractivity contribution is -0.122. The highest BCUT2D eigenvalue weighted by Crippen LogP contribution is 2.33. The van der Waals surface area contributed by atoms with Crippen molar-refractivity contribution in [1.29, 1.82) is 0 Å². The minimum atomic E-state index is -0.302. The van der Waals surface area contributed by atoms with E-state index in [1.54, 1.807) is 13.2 Å². The number of benzene rings is 2. The molecule has 0 unspecified atom stereocenters. The van der Waals surface area contributed by atoms with Gasteiger partial charge in [0, 0.05) is 11.3 Å². The molecule has 1 heterocycles. The molecule has 1 aliphatic heterocycles. The van der Waals surface area contributed by atoms with Crippen molar-refractivity contribution in [3.8, 4) is 5.75 Å². The lowest BCUT2D eigenvalue weighted by Gasteiger charge is -2.16. The summed E-state index contributed by atoms with van der Waals surface area (Å²) in [5.41, 5.74) is 3.86. The van der Waals surface area contributed by atoms with E-state index in [2.05, 4.69) is 5.32 Å². The third kappa shape index (κ3) is 3.75. The van der Waals surface area contributed by atoms with E-state index in [9.17, 15) is 9.59 Å². The first-order chi connectivity index (χ1) is 12.5. The predicted molar refractivity (Wildman–Crippen MR) is 105 cm³/mol. The normalized spacial score (nSPS) is 15.7. The Hall–Kier alpha value is -2.73. The van der Waals surface area contributed by atoms with Crippen LogP contribution in [-0.2, 0) is 4.79 Å². The van der Waals surface area contributed by atoms with Crippen molar-refractivity contribution < 1.29 is 14.3 Å². The van der Waals surface area contributed by atoms with E-state index in [0.29, 0.717) is 10.7 Å². The molecule has 6 heteroatoms. The van der Waals surface area contributed by atoms with Crippen molar-refractivity contribution in [2.75, 3.05) is 19.1 Å². The predicted octanol–water partition coefficient (Wildman–Crippen LogP) is 4.42. The number of hydrogen-bond acceptors (Lipinski definition) is 5. The fourth-order valence-electron chi connectivity index (χ4n) is 2.65. The number of anilines is 1. The summed E-state index contributed by atoms with van der Waals surface area (Å²) in [5, 5.41) is 2.90. The highest BCUT2D eigenvalue weighted by atomic mass is 32.2. The van der Waals surface area contributed by atoms with Crippen LogP contribution in [0.5, 0.6) is 5.75 Å². The first kappa shape index (κ1) is 18.1. The number of thioether (sulfide) groups is 1. The molecule has 0 aliphatic carbocycles. The van der Waals surface area contributed by atoms with E-state index < -0.39 is 0 Å². The zero-order chi connectivity index (χ0) is 18.7. The van der Waals surface area contributed by atoms with Crippen molar-refractivity contribution in [2.24, 2.45) is 0 Å². The van der Waals surface area contributed by atoms with E-state index in [-0.39, 0.29) is 17.8 Å². The molecule has 0 spiro atoms. The Morgan fingerprint density at radius 2 is 1.92 bits per heavy atom. The molecular weight excluding hydrogens is 348 g/mol. The average Bonchev–Trinajstić information content (AvgIpc) is 2.89. The summed E-state index contributed by atoms with van der Waals surface area (Å²) < 4.78 is 5.30. The number of aryl methyl sites for hydroxylation is 2. The molecule has 2 amide bonds. The molecule has 0 atom stereocenters. The number of carbonyl (C=O) groups is 2. The van der Waals surface area contributed by atoms with Gasteiger partial charge in [-0.1, -0.05) is 30.3 Å². The molecule has 1 fully saturated rings. The van der Waals surface area contributed by atoms with E-state index in [4.69, 9.17) is 4.74 Å². The van der Waals surface area contributed by atoms with E-state index in [1.165, 1.54) is 4.90 Å². The summed E-state index contributed by atoms with van der Waals surface area (Å²) in [7, 11) is 1.58. The fraction of sp³-hybridized carbons (Fsp3) is 0.200. The Balaban J connectivity index is 1.77. The smallest absolute Gasteiger partial charge is 0.295 e. The van der Waals surface area contributed by atoms with Gasteiger partial charge in [-0.05, 0) is 54.9 Å². The monoisotopic (exact) mass is 368 g/mol. The molecule has 1 N–H and O–H groups in total. The van der Waals surface area contributed by atoms with Gasteiger partial charge in [-0.15, -0.1) is 0 Å². The Morgan fingerprint density at radius 1 is 1.15 bits per heavy atom. The van der Waals surface area contributed by atoms with Crippen LogP contribution in [0.4, 0.5) is 10.5 Å². The molecule has 0 radical (unpaired) electrons. The number of ether oxygens (including phenoxy) is 1. The summed E-state index contributed by atoms with van der Waals surface area (Å²) in [6.07, 6.45) is 1.70. The number of rotatable bonds is 5. The zero-order valence-corrected chi connectivity index (χ0v) is 15.7. The minimum Gasteiger partial charge on any atom is -0.496 e. The van der Waals surface area contributed by atoms with Gasteiger partial charge in [-0.25, -0.2) is 0 Å². The van der Waals surface area contributed by atoms with Crippen molar-refractivity contribution in [2.45, 2.75) is 13.8 Å². The fourth-order valence-corrected chi connectivity index (χ4v) is 3.48. The second kappa shape index (κ2) is 7.66. The number of hydrogen-bond donors (Lipinski definition) is 1. The number of para-hydroxylation sites is 1. The van der Waals surface area contributed by atoms with E-state index in [0.717, 1.165) is 34.1 Å². The summed E-state index contributed by atoms with van der Waals surface area (Å²) >= 11 is 0.941. The molecule has 3 rings (SSSR count). The van der Waals surface area contributed by atoms with Crippen molar-refractivity contribution in [3.05, 3.63) is 64.1 Å². The van der Waals surface area contributed by atoms with Crippen molar-refractivity contribution >= 4 is 34.7 Å². The second-order valence-electron chi connectivity index (χ2n) is 6.00. The third-order valence-electron chi connectivity index (χ3n) is 4.12. The Labute approximate surface area is 157 Å². The first-order valence-electron chi connectivity index (χ1n) is 8.19. The standard InChI is InChI=1S/C20H20N2O3S/c1-13-8-9-14(2)16(10-13)21-12-22-19(23)18(26-20(22)24)11-15-6-4-5-7-17(15)25-3/h4-11,21H,12H2,1-3H3/b18-11-. The molecule has 0 saturated carbocycles. The maximum atomic E-state index is 12.6. The number of imide groups is 1. The largest absolute Gasteiger partial charge is 0.496 e. The van der Waals surface area contributed by atoms with Gasteiger partial charge in [-0.3, -0.25) is 14.5 Å². The van der Waals surface area contributed by atoms with Gasteiger partial charge in [0.05, 0.1) is 18.7 Å². The molecule has 134 valence electrons. The molecule has 26 heavy (non-hydrogen) atoms. The van der Waals surface area contributed by atoms with Crippen LogP contribution in [0.15, 0.2) is 47.4 Å². The quantitative estimate of drug-likeness (QED) is 0.792. The molecule has 1 aliphatic rings. The minimum absolute atomic E-state index is 0.137. The molecule has 0 bridgehead atoms. The zero-order valence-electron chi connectivity index (χ0n) is 14.9. The van der Waals surface area contributed by atoms with Crippen LogP contribution in [0.3, 0.4) is 0 Å².